The van der Waals surface area contributed by atoms with Crippen molar-refractivity contribution in [3.05, 3.63) is 24.0 Å². The number of carbonyl (C=O) groups excluding carboxylic acids is 1. The van der Waals surface area contributed by atoms with Crippen molar-refractivity contribution in [2.24, 2.45) is 11.8 Å². The first kappa shape index (κ1) is 23.9. The number of halogens is 1. The van der Waals surface area contributed by atoms with Crippen LogP contribution in [-0.2, 0) is 24.9 Å². The van der Waals surface area contributed by atoms with Gasteiger partial charge >= 0.3 is 6.09 Å². The molecule has 1 aliphatic heterocycles. The van der Waals surface area contributed by atoms with Crippen molar-refractivity contribution in [2.45, 2.75) is 81.5 Å². The monoisotopic (exact) mass is 496 g/mol. The fourth-order valence-corrected chi connectivity index (χ4v) is 7.56. The molecule has 5 rings (SSSR count). The third-order valence-electron chi connectivity index (χ3n) is 8.46. The molecule has 1 amide bonds. The van der Waals surface area contributed by atoms with Crippen LogP contribution in [0.2, 0.25) is 0 Å². The van der Waals surface area contributed by atoms with Crippen LogP contribution in [0.5, 0.6) is 0 Å². The van der Waals surface area contributed by atoms with Crippen LogP contribution in [-0.4, -0.2) is 73.1 Å². The molecule has 4 fully saturated rings. The summed E-state index contributed by atoms with van der Waals surface area (Å²) in [6, 6.07) is -0.827. The average Bonchev–Trinajstić information content (AvgIpc) is 3.25. The van der Waals surface area contributed by atoms with E-state index < -0.39 is 28.0 Å². The van der Waals surface area contributed by atoms with Crippen LogP contribution in [0.3, 0.4) is 0 Å². The molecule has 3 unspecified atom stereocenters. The first-order valence-electron chi connectivity index (χ1n) is 12.2. The van der Waals surface area contributed by atoms with Crippen LogP contribution in [0.15, 0.2) is 12.4 Å². The van der Waals surface area contributed by atoms with Crippen LogP contribution in [0.1, 0.15) is 57.7 Å². The zero-order chi connectivity index (χ0) is 24.1. The molecular weight excluding hydrogens is 463 g/mol. The van der Waals surface area contributed by atoms with E-state index in [9.17, 15) is 17.6 Å². The summed E-state index contributed by atoms with van der Waals surface area (Å²) in [5.41, 5.74) is -0.0741. The molecule has 11 heteroatoms. The molecule has 9 nitrogen and oxygen atoms in total. The number of likely N-dealkylation sites (tertiary alicyclic amines) is 1. The molecule has 0 aromatic carbocycles. The lowest BCUT2D eigenvalue weighted by molar-refractivity contribution is -0.0114. The van der Waals surface area contributed by atoms with E-state index in [1.165, 1.54) is 19.5 Å². The molecule has 4 aliphatic rings. The van der Waals surface area contributed by atoms with Crippen molar-refractivity contribution in [2.75, 3.05) is 19.5 Å². The van der Waals surface area contributed by atoms with Crippen LogP contribution in [0.4, 0.5) is 9.18 Å². The molecular formula is C23H33FN4O5S. The van der Waals surface area contributed by atoms with E-state index in [-0.39, 0.29) is 41.9 Å². The molecule has 3 saturated carbocycles. The van der Waals surface area contributed by atoms with E-state index >= 15 is 0 Å². The van der Waals surface area contributed by atoms with Gasteiger partial charge in [0.1, 0.15) is 5.82 Å². The summed E-state index contributed by atoms with van der Waals surface area (Å²) in [5.74, 6) is 0.730. The molecule has 1 aromatic heterocycles. The van der Waals surface area contributed by atoms with Gasteiger partial charge < -0.3 is 9.47 Å². The normalized spacial score (nSPS) is 36.7. The number of hydrogen-bond acceptors (Lipinski definition) is 7. The Balaban J connectivity index is 1.27. The number of nitrogens with one attached hydrogen (secondary N) is 1. The summed E-state index contributed by atoms with van der Waals surface area (Å²) < 4.78 is 52.4. The number of hydrogen-bond donors (Lipinski definition) is 1. The number of rotatable bonds is 7. The van der Waals surface area contributed by atoms with Gasteiger partial charge in [-0.2, -0.15) is 0 Å². The number of nitrogens with zero attached hydrogens (tertiary/aromatic N) is 3. The lowest BCUT2D eigenvalue weighted by Crippen LogP contribution is -2.51. The van der Waals surface area contributed by atoms with E-state index in [1.807, 2.05) is 0 Å². The minimum atomic E-state index is -3.44. The number of carbonyl (C=O) groups is 1. The van der Waals surface area contributed by atoms with Crippen molar-refractivity contribution in [3.63, 3.8) is 0 Å². The Labute approximate surface area is 199 Å². The van der Waals surface area contributed by atoms with E-state index in [4.69, 9.17) is 9.47 Å². The molecule has 1 aromatic rings. The zero-order valence-electron chi connectivity index (χ0n) is 19.7. The van der Waals surface area contributed by atoms with Gasteiger partial charge in [-0.25, -0.2) is 32.3 Å². The Morgan fingerprint density at radius 2 is 2.06 bits per heavy atom. The summed E-state index contributed by atoms with van der Waals surface area (Å²) in [6.45, 7) is 1.87. The summed E-state index contributed by atoms with van der Waals surface area (Å²) in [6.07, 6.45) is 8.23. The summed E-state index contributed by atoms with van der Waals surface area (Å²) >= 11 is 0. The number of aromatic nitrogens is 2. The predicted octanol–water partition coefficient (Wildman–Crippen LogP) is 2.37. The molecule has 0 bridgehead atoms. The van der Waals surface area contributed by atoms with Crippen molar-refractivity contribution in [3.8, 4) is 0 Å². The molecule has 1 N–H and O–H groups in total. The zero-order valence-corrected chi connectivity index (χ0v) is 20.5. The quantitative estimate of drug-likeness (QED) is 0.617. The van der Waals surface area contributed by atoms with Crippen molar-refractivity contribution in [1.82, 2.24) is 19.6 Å². The number of ether oxygens (including phenoxy) is 2. The Morgan fingerprint density at radius 1 is 1.29 bits per heavy atom. The van der Waals surface area contributed by atoms with E-state index in [0.29, 0.717) is 11.7 Å². The van der Waals surface area contributed by atoms with Gasteiger partial charge in [-0.3, -0.25) is 4.90 Å². The highest BCUT2D eigenvalue weighted by atomic mass is 32.2. The minimum Gasteiger partial charge on any atom is -0.453 e. The maximum Gasteiger partial charge on any atom is 0.410 e. The smallest absolute Gasteiger partial charge is 0.410 e. The second-order valence-electron chi connectivity index (χ2n) is 10.2. The third kappa shape index (κ3) is 4.19. The number of methoxy groups -OCH3 is 1. The van der Waals surface area contributed by atoms with Crippen molar-refractivity contribution in [1.29, 1.82) is 0 Å². The standard InChI is InChI=1S/C23H33FN4O5S/c1-3-34(30,31)27-20-17-5-4-6-18(17)28(22(29)32-2)19(20)13-33-16-7-8-23(10-14(23)9-16)21-25-11-15(24)12-26-21/h11-12,14,16-20,27H,3-10,13H2,1-2H3/t14?,16?,17-,18+,19-,20-,23?/m0/s1. The SMILES string of the molecule is CCS(=O)(=O)N[C@H]1[C@H]2CCC[C@H]2N(C(=O)OC)[C@H]1COC1CCC2(c3ncc(F)cn3)CC2C1. The highest BCUT2D eigenvalue weighted by Crippen LogP contribution is 2.61. The molecule has 0 spiro atoms. The molecule has 34 heavy (non-hydrogen) atoms. The Hall–Kier alpha value is -1.85. The number of amides is 1. The molecule has 2 heterocycles. The average molecular weight is 497 g/mol. The van der Waals surface area contributed by atoms with Gasteiger partial charge in [0, 0.05) is 17.5 Å². The van der Waals surface area contributed by atoms with Crippen LogP contribution < -0.4 is 4.72 Å². The lowest BCUT2D eigenvalue weighted by atomic mass is 9.86. The number of fused-ring (bicyclic) bond motifs is 2. The van der Waals surface area contributed by atoms with Gasteiger partial charge in [-0.1, -0.05) is 6.42 Å². The predicted molar refractivity (Wildman–Crippen MR) is 121 cm³/mol. The van der Waals surface area contributed by atoms with E-state index in [1.54, 1.807) is 11.8 Å². The van der Waals surface area contributed by atoms with Gasteiger partial charge in [0.25, 0.3) is 0 Å². The maximum atomic E-state index is 13.2. The summed E-state index contributed by atoms with van der Waals surface area (Å²) in [5, 5.41) is 0. The van der Waals surface area contributed by atoms with Gasteiger partial charge in [0.05, 0.1) is 44.0 Å². The topological polar surface area (TPSA) is 111 Å². The number of sulfonamides is 1. The molecule has 7 atom stereocenters. The minimum absolute atomic E-state index is 0.00939. The van der Waals surface area contributed by atoms with Crippen LogP contribution in [0, 0.1) is 17.7 Å². The fraction of sp³-hybridized carbons (Fsp3) is 0.783. The van der Waals surface area contributed by atoms with E-state index in [0.717, 1.165) is 44.9 Å². The molecule has 0 radical (unpaired) electrons. The first-order chi connectivity index (χ1) is 16.3. The van der Waals surface area contributed by atoms with Gasteiger partial charge in [0.15, 0.2) is 5.82 Å². The highest BCUT2D eigenvalue weighted by Gasteiger charge is 2.60. The first-order valence-corrected chi connectivity index (χ1v) is 13.9. The van der Waals surface area contributed by atoms with E-state index in [2.05, 4.69) is 14.7 Å². The second-order valence-corrected chi connectivity index (χ2v) is 12.2. The Morgan fingerprint density at radius 3 is 2.74 bits per heavy atom. The van der Waals surface area contributed by atoms with Crippen LogP contribution in [0.25, 0.3) is 0 Å². The van der Waals surface area contributed by atoms with Gasteiger partial charge in [0.2, 0.25) is 10.0 Å². The van der Waals surface area contributed by atoms with Gasteiger partial charge in [-0.05, 0) is 57.3 Å². The summed E-state index contributed by atoms with van der Waals surface area (Å²) in [7, 11) is -2.08. The Kier molecular flexibility index (Phi) is 6.31. The van der Waals surface area contributed by atoms with Crippen molar-refractivity contribution >= 4 is 16.1 Å². The maximum absolute atomic E-state index is 13.2. The third-order valence-corrected chi connectivity index (χ3v) is 9.85. The second kappa shape index (κ2) is 8.98. The molecule has 3 aliphatic carbocycles. The lowest BCUT2D eigenvalue weighted by Gasteiger charge is -2.33. The largest absolute Gasteiger partial charge is 0.453 e. The highest BCUT2D eigenvalue weighted by molar-refractivity contribution is 7.89. The summed E-state index contributed by atoms with van der Waals surface area (Å²) in [4.78, 5) is 22.9. The van der Waals surface area contributed by atoms with Crippen LogP contribution >= 0.6 is 0 Å². The Bertz CT molecular complexity index is 1020. The van der Waals surface area contributed by atoms with Crippen molar-refractivity contribution < 1.29 is 27.1 Å². The fourth-order valence-electron chi connectivity index (χ4n) is 6.65. The molecule has 188 valence electrons. The van der Waals surface area contributed by atoms with Gasteiger partial charge in [-0.15, -0.1) is 0 Å². The molecule has 1 saturated heterocycles.